The third kappa shape index (κ3) is 3.69. The van der Waals surface area contributed by atoms with Crippen LogP contribution in [0.3, 0.4) is 0 Å². The van der Waals surface area contributed by atoms with E-state index in [-0.39, 0.29) is 23.0 Å². The van der Waals surface area contributed by atoms with Gasteiger partial charge in [0.1, 0.15) is 5.25 Å². The molecule has 0 radical (unpaired) electrons. The predicted molar refractivity (Wildman–Crippen MR) is 77.8 cm³/mol. The third-order valence-corrected chi connectivity index (χ3v) is 5.46. The molecule has 0 aliphatic heterocycles. The number of hydrogen-bond donors (Lipinski definition) is 1. The van der Waals surface area contributed by atoms with Crippen LogP contribution in [-0.4, -0.2) is 34.4 Å². The summed E-state index contributed by atoms with van der Waals surface area (Å²) in [6.07, 6.45) is 3.67. The lowest BCUT2D eigenvalue weighted by molar-refractivity contribution is -0.140. The van der Waals surface area contributed by atoms with Crippen molar-refractivity contribution in [3.63, 3.8) is 0 Å². The van der Waals surface area contributed by atoms with Gasteiger partial charge in [0.2, 0.25) is 11.0 Å². The number of hydrogen-bond acceptors (Lipinski definition) is 7. The molecule has 1 saturated carbocycles. The van der Waals surface area contributed by atoms with Crippen molar-refractivity contribution < 1.29 is 14.3 Å². The number of methoxy groups -OCH3 is 1. The summed E-state index contributed by atoms with van der Waals surface area (Å²) >= 11 is 2.60. The van der Waals surface area contributed by atoms with E-state index < -0.39 is 0 Å². The summed E-state index contributed by atoms with van der Waals surface area (Å²) in [6, 6.07) is 0. The molecule has 1 N–H and O–H groups in total. The van der Waals surface area contributed by atoms with Crippen molar-refractivity contribution in [3.05, 3.63) is 0 Å². The van der Waals surface area contributed by atoms with Crippen LogP contribution in [0.25, 0.3) is 0 Å². The van der Waals surface area contributed by atoms with Gasteiger partial charge in [-0.25, -0.2) is 0 Å². The molecule has 0 saturated heterocycles. The normalized spacial score (nSPS) is 16.3. The number of thioether (sulfide) groups is 1. The molecule has 0 spiro atoms. The lowest BCUT2D eigenvalue weighted by Gasteiger charge is -2.23. The van der Waals surface area contributed by atoms with Crippen LogP contribution in [0.5, 0.6) is 0 Å². The second-order valence-electron chi connectivity index (χ2n) is 4.53. The third-order valence-electron chi connectivity index (χ3n) is 3.19. The molecule has 110 valence electrons. The minimum atomic E-state index is -0.289. The second kappa shape index (κ2) is 7.03. The molecule has 1 aliphatic carbocycles. The number of carbonyl (C=O) groups is 2. The number of esters is 1. The molecule has 20 heavy (non-hydrogen) atoms. The molecule has 1 fully saturated rings. The molecule has 0 unspecified atom stereocenters. The van der Waals surface area contributed by atoms with Crippen molar-refractivity contribution in [1.29, 1.82) is 0 Å². The summed E-state index contributed by atoms with van der Waals surface area (Å²) in [4.78, 5) is 23.3. The van der Waals surface area contributed by atoms with E-state index >= 15 is 0 Å². The van der Waals surface area contributed by atoms with E-state index in [4.69, 9.17) is 4.74 Å². The summed E-state index contributed by atoms with van der Waals surface area (Å²) in [6.45, 7) is 1.91. The summed E-state index contributed by atoms with van der Waals surface area (Å²) in [5.74, 6) is -0.134. The van der Waals surface area contributed by atoms with Gasteiger partial charge in [-0.15, -0.1) is 10.2 Å². The smallest absolute Gasteiger partial charge is 0.319 e. The average Bonchev–Trinajstić information content (AvgIpc) is 2.80. The van der Waals surface area contributed by atoms with Gasteiger partial charge in [0, 0.05) is 5.92 Å². The molecule has 1 aromatic heterocycles. The molecule has 1 aliphatic rings. The fourth-order valence-electron chi connectivity index (χ4n) is 1.74. The van der Waals surface area contributed by atoms with E-state index in [0.29, 0.717) is 15.9 Å². The number of rotatable bonds is 6. The molecule has 8 heteroatoms. The van der Waals surface area contributed by atoms with Gasteiger partial charge in [0.25, 0.3) is 0 Å². The topological polar surface area (TPSA) is 81.2 Å². The molecular formula is C12H17N3O3S2. The van der Waals surface area contributed by atoms with Crippen LogP contribution >= 0.6 is 23.1 Å². The first-order valence-corrected chi connectivity index (χ1v) is 8.22. The summed E-state index contributed by atoms with van der Waals surface area (Å²) in [5.41, 5.74) is 0. The Labute approximate surface area is 125 Å². The van der Waals surface area contributed by atoms with E-state index in [1.165, 1.54) is 30.2 Å². The Hall–Kier alpha value is -1.15. The Morgan fingerprint density at radius 1 is 1.50 bits per heavy atom. The highest BCUT2D eigenvalue weighted by molar-refractivity contribution is 8.02. The van der Waals surface area contributed by atoms with Crippen molar-refractivity contribution in [1.82, 2.24) is 10.2 Å². The van der Waals surface area contributed by atoms with E-state index in [2.05, 4.69) is 15.5 Å². The predicted octanol–water partition coefficient (Wildman–Crippen LogP) is 2.32. The summed E-state index contributed by atoms with van der Waals surface area (Å²) < 4.78 is 5.39. The van der Waals surface area contributed by atoms with Gasteiger partial charge in [-0.2, -0.15) is 0 Å². The molecule has 2 rings (SSSR count). The van der Waals surface area contributed by atoms with Crippen molar-refractivity contribution in [2.75, 3.05) is 12.4 Å². The van der Waals surface area contributed by atoms with Gasteiger partial charge in [-0.05, 0) is 19.3 Å². The Morgan fingerprint density at radius 2 is 2.25 bits per heavy atom. The lowest BCUT2D eigenvalue weighted by Crippen LogP contribution is -2.27. The summed E-state index contributed by atoms with van der Waals surface area (Å²) in [7, 11) is 1.37. The van der Waals surface area contributed by atoms with Gasteiger partial charge in [-0.3, -0.25) is 9.59 Å². The van der Waals surface area contributed by atoms with Crippen LogP contribution in [0.2, 0.25) is 0 Å². The standard InChI is InChI=1S/C12H17N3O3S2/c1-3-8(10(17)18-2)19-12-15-14-11(20-12)13-9(16)7-5-4-6-7/h7-8H,3-6H2,1-2H3,(H,13,14,16)/t8-/m0/s1. The zero-order valence-electron chi connectivity index (χ0n) is 11.4. The van der Waals surface area contributed by atoms with Gasteiger partial charge in [0.15, 0.2) is 4.34 Å². The quantitative estimate of drug-likeness (QED) is 0.493. The maximum absolute atomic E-state index is 11.8. The van der Waals surface area contributed by atoms with E-state index in [0.717, 1.165) is 19.3 Å². The van der Waals surface area contributed by atoms with Gasteiger partial charge >= 0.3 is 5.97 Å². The highest BCUT2D eigenvalue weighted by Gasteiger charge is 2.26. The number of amides is 1. The van der Waals surface area contributed by atoms with Crippen LogP contribution in [0.4, 0.5) is 5.13 Å². The number of nitrogens with zero attached hydrogens (tertiary/aromatic N) is 2. The zero-order valence-corrected chi connectivity index (χ0v) is 13.1. The second-order valence-corrected chi connectivity index (χ2v) is 6.96. The van der Waals surface area contributed by atoms with Crippen molar-refractivity contribution in [2.45, 2.75) is 42.2 Å². The maximum atomic E-state index is 11.8. The zero-order chi connectivity index (χ0) is 14.5. The molecule has 1 aromatic rings. The van der Waals surface area contributed by atoms with E-state index in [1.54, 1.807) is 0 Å². The van der Waals surface area contributed by atoms with E-state index in [9.17, 15) is 9.59 Å². The minimum Gasteiger partial charge on any atom is -0.468 e. The van der Waals surface area contributed by atoms with Crippen LogP contribution in [0.15, 0.2) is 4.34 Å². The van der Waals surface area contributed by atoms with Crippen LogP contribution in [0, 0.1) is 5.92 Å². The molecule has 0 bridgehead atoms. The number of nitrogens with one attached hydrogen (secondary N) is 1. The number of anilines is 1. The minimum absolute atomic E-state index is 0.0176. The molecule has 0 aromatic carbocycles. The molecular weight excluding hydrogens is 298 g/mol. The summed E-state index contributed by atoms with van der Waals surface area (Å²) in [5, 5.41) is 10.9. The Bertz CT molecular complexity index is 488. The Kier molecular flexibility index (Phi) is 5.36. The first kappa shape index (κ1) is 15.2. The van der Waals surface area contributed by atoms with Gasteiger partial charge in [-0.1, -0.05) is 36.4 Å². The molecule has 6 nitrogen and oxygen atoms in total. The van der Waals surface area contributed by atoms with Crippen molar-refractivity contribution in [2.24, 2.45) is 5.92 Å². The Morgan fingerprint density at radius 3 is 2.80 bits per heavy atom. The lowest BCUT2D eigenvalue weighted by atomic mass is 9.85. The number of carbonyl (C=O) groups excluding carboxylic acids is 2. The van der Waals surface area contributed by atoms with Gasteiger partial charge in [0.05, 0.1) is 7.11 Å². The SMILES string of the molecule is CC[C@H](Sc1nnc(NC(=O)C2CCC2)s1)C(=O)OC. The van der Waals surface area contributed by atoms with Crippen molar-refractivity contribution >= 4 is 40.1 Å². The van der Waals surface area contributed by atoms with Crippen molar-refractivity contribution in [3.8, 4) is 0 Å². The van der Waals surface area contributed by atoms with E-state index in [1.807, 2.05) is 6.92 Å². The fraction of sp³-hybridized carbons (Fsp3) is 0.667. The average molecular weight is 315 g/mol. The fourth-order valence-corrected chi connectivity index (χ4v) is 3.69. The maximum Gasteiger partial charge on any atom is 0.319 e. The van der Waals surface area contributed by atoms with Crippen LogP contribution in [-0.2, 0) is 14.3 Å². The molecule has 1 heterocycles. The molecule has 1 amide bonds. The van der Waals surface area contributed by atoms with Crippen LogP contribution < -0.4 is 5.32 Å². The Balaban J connectivity index is 1.90. The highest BCUT2D eigenvalue weighted by Crippen LogP contribution is 2.32. The number of ether oxygens (including phenoxy) is 1. The molecule has 1 atom stereocenters. The largest absolute Gasteiger partial charge is 0.468 e. The first-order valence-electron chi connectivity index (χ1n) is 6.53. The monoisotopic (exact) mass is 315 g/mol. The van der Waals surface area contributed by atoms with Gasteiger partial charge < -0.3 is 10.1 Å². The number of aromatic nitrogens is 2. The first-order chi connectivity index (χ1) is 9.63. The highest BCUT2D eigenvalue weighted by atomic mass is 32.2. The van der Waals surface area contributed by atoms with Crippen LogP contribution in [0.1, 0.15) is 32.6 Å².